The largest absolute Gasteiger partial charge is 0.497 e. The zero-order valence-corrected chi connectivity index (χ0v) is 12.9. The molecule has 3 aromatic rings. The lowest BCUT2D eigenvalue weighted by Crippen LogP contribution is -2.03. The minimum absolute atomic E-state index is 0.537. The van der Waals surface area contributed by atoms with E-state index in [4.69, 9.17) is 14.7 Å². The number of hydrogen-bond acceptors (Lipinski definition) is 5. The summed E-state index contributed by atoms with van der Waals surface area (Å²) in [5.74, 6) is 2.10. The highest BCUT2D eigenvalue weighted by atomic mass is 16.5. The van der Waals surface area contributed by atoms with Crippen LogP contribution >= 0.6 is 0 Å². The van der Waals surface area contributed by atoms with Gasteiger partial charge in [-0.05, 0) is 24.3 Å². The molecule has 0 unspecified atom stereocenters. The van der Waals surface area contributed by atoms with Crippen LogP contribution in [0.2, 0.25) is 0 Å². The van der Waals surface area contributed by atoms with Crippen molar-refractivity contribution in [2.75, 3.05) is 19.5 Å². The van der Waals surface area contributed by atoms with E-state index in [9.17, 15) is 0 Å². The first-order valence-corrected chi connectivity index (χ1v) is 7.08. The van der Waals surface area contributed by atoms with Crippen LogP contribution in [0.25, 0.3) is 11.0 Å². The third kappa shape index (κ3) is 2.90. The quantitative estimate of drug-likeness (QED) is 0.757. The number of nitrogens with zero attached hydrogens (tertiary/aromatic N) is 2. The van der Waals surface area contributed by atoms with Crippen LogP contribution in [-0.4, -0.2) is 24.2 Å². The third-order valence-corrected chi connectivity index (χ3v) is 3.57. The van der Waals surface area contributed by atoms with E-state index in [1.807, 2.05) is 30.3 Å². The fourth-order valence-corrected chi connectivity index (χ4v) is 2.38. The van der Waals surface area contributed by atoms with Gasteiger partial charge in [-0.2, -0.15) is 5.26 Å². The van der Waals surface area contributed by atoms with Crippen molar-refractivity contribution in [2.24, 2.45) is 0 Å². The van der Waals surface area contributed by atoms with Gasteiger partial charge in [-0.3, -0.25) is 0 Å². The molecule has 6 nitrogen and oxygen atoms in total. The van der Waals surface area contributed by atoms with Gasteiger partial charge in [-0.1, -0.05) is 6.07 Å². The number of nitriles is 1. The van der Waals surface area contributed by atoms with Crippen LogP contribution in [0.15, 0.2) is 36.4 Å². The molecule has 0 aliphatic carbocycles. The molecule has 1 aromatic heterocycles. The van der Waals surface area contributed by atoms with Gasteiger partial charge in [0.25, 0.3) is 0 Å². The summed E-state index contributed by atoms with van der Waals surface area (Å²) in [5.41, 5.74) is 3.02. The van der Waals surface area contributed by atoms with E-state index < -0.39 is 0 Å². The molecule has 0 atom stereocenters. The Kier molecular flexibility index (Phi) is 4.02. The van der Waals surface area contributed by atoms with E-state index in [-0.39, 0.29) is 0 Å². The molecule has 0 spiro atoms. The maximum absolute atomic E-state index is 9.12. The molecule has 0 aliphatic rings. The van der Waals surface area contributed by atoms with Crippen LogP contribution in [0, 0.1) is 11.3 Å². The molecule has 0 fully saturated rings. The van der Waals surface area contributed by atoms with Crippen molar-refractivity contribution < 1.29 is 9.47 Å². The molecule has 0 bridgehead atoms. The van der Waals surface area contributed by atoms with Crippen LogP contribution in [0.5, 0.6) is 11.5 Å². The predicted octanol–water partition coefficient (Wildman–Crippen LogP) is 3.06. The summed E-state index contributed by atoms with van der Waals surface area (Å²) in [6.07, 6.45) is 0. The standard InChI is InChI=1S/C17H16N4O2/c1-22-13-7-6-12(15(8-13)23-2)10-19-17-20-14-5-3-4-11(9-18)16(14)21-17/h3-8H,10H2,1-2H3,(H2,19,20,21). The molecule has 3 rings (SSSR count). The normalized spacial score (nSPS) is 10.3. The van der Waals surface area contributed by atoms with Crippen LogP contribution < -0.4 is 14.8 Å². The van der Waals surface area contributed by atoms with E-state index >= 15 is 0 Å². The maximum Gasteiger partial charge on any atom is 0.201 e. The van der Waals surface area contributed by atoms with Crippen molar-refractivity contribution in [3.05, 3.63) is 47.5 Å². The van der Waals surface area contributed by atoms with Gasteiger partial charge in [-0.15, -0.1) is 0 Å². The Hall–Kier alpha value is -3.20. The number of hydrogen-bond donors (Lipinski definition) is 2. The minimum atomic E-state index is 0.537. The first-order valence-electron chi connectivity index (χ1n) is 7.08. The fourth-order valence-electron chi connectivity index (χ4n) is 2.38. The Morgan fingerprint density at radius 1 is 1.22 bits per heavy atom. The van der Waals surface area contributed by atoms with Crippen LogP contribution in [0.3, 0.4) is 0 Å². The number of imidazole rings is 1. The summed E-state index contributed by atoms with van der Waals surface area (Å²) in [6, 6.07) is 13.3. The number of aromatic nitrogens is 2. The Bertz CT molecular complexity index is 880. The molecule has 2 N–H and O–H groups in total. The van der Waals surface area contributed by atoms with Crippen molar-refractivity contribution in [1.82, 2.24) is 9.97 Å². The molecule has 0 saturated carbocycles. The number of para-hydroxylation sites is 1. The topological polar surface area (TPSA) is 83.0 Å². The molecule has 2 aromatic carbocycles. The van der Waals surface area contributed by atoms with Crippen molar-refractivity contribution in [2.45, 2.75) is 6.54 Å². The summed E-state index contributed by atoms with van der Waals surface area (Å²) < 4.78 is 10.6. The molecule has 0 radical (unpaired) electrons. The molecular weight excluding hydrogens is 292 g/mol. The number of anilines is 1. The Morgan fingerprint density at radius 2 is 2.09 bits per heavy atom. The average molecular weight is 308 g/mol. The summed E-state index contributed by atoms with van der Waals surface area (Å²) in [4.78, 5) is 7.59. The zero-order chi connectivity index (χ0) is 16.2. The number of methoxy groups -OCH3 is 2. The molecule has 6 heteroatoms. The SMILES string of the molecule is COc1ccc(CNc2nc3c(C#N)cccc3[nH]2)c(OC)c1. The Morgan fingerprint density at radius 3 is 2.83 bits per heavy atom. The minimum Gasteiger partial charge on any atom is -0.497 e. The van der Waals surface area contributed by atoms with Gasteiger partial charge in [-0.25, -0.2) is 4.98 Å². The van der Waals surface area contributed by atoms with Gasteiger partial charge in [0.15, 0.2) is 0 Å². The van der Waals surface area contributed by atoms with Gasteiger partial charge in [0, 0.05) is 18.2 Å². The summed E-state index contributed by atoms with van der Waals surface area (Å²) in [6.45, 7) is 0.537. The van der Waals surface area contributed by atoms with Gasteiger partial charge in [0.05, 0.1) is 25.3 Å². The smallest absolute Gasteiger partial charge is 0.201 e. The number of nitrogens with one attached hydrogen (secondary N) is 2. The summed E-state index contributed by atoms with van der Waals surface area (Å²) >= 11 is 0. The molecule has 0 saturated heterocycles. The van der Waals surface area contributed by atoms with Gasteiger partial charge in [0.2, 0.25) is 5.95 Å². The Balaban J connectivity index is 1.82. The molecule has 116 valence electrons. The predicted molar refractivity (Wildman–Crippen MR) is 87.7 cm³/mol. The summed E-state index contributed by atoms with van der Waals surface area (Å²) in [5, 5.41) is 12.3. The van der Waals surface area contributed by atoms with Crippen molar-refractivity contribution in [3.63, 3.8) is 0 Å². The number of aromatic amines is 1. The lowest BCUT2D eigenvalue weighted by molar-refractivity contribution is 0.391. The van der Waals surface area contributed by atoms with Gasteiger partial charge < -0.3 is 19.8 Å². The van der Waals surface area contributed by atoms with E-state index in [1.54, 1.807) is 20.3 Å². The first kappa shape index (κ1) is 14.7. The summed E-state index contributed by atoms with van der Waals surface area (Å²) in [7, 11) is 3.24. The number of H-pyrrole nitrogens is 1. The molecule has 0 aliphatic heterocycles. The number of benzene rings is 2. The second-order valence-electron chi connectivity index (χ2n) is 4.93. The lowest BCUT2D eigenvalue weighted by atomic mass is 10.2. The number of ether oxygens (including phenoxy) is 2. The zero-order valence-electron chi connectivity index (χ0n) is 12.9. The van der Waals surface area contributed by atoms with Gasteiger partial charge >= 0.3 is 0 Å². The van der Waals surface area contributed by atoms with Crippen molar-refractivity contribution >= 4 is 17.0 Å². The van der Waals surface area contributed by atoms with Gasteiger partial charge in [0.1, 0.15) is 23.1 Å². The highest BCUT2D eigenvalue weighted by molar-refractivity contribution is 5.83. The van der Waals surface area contributed by atoms with E-state index in [2.05, 4.69) is 21.4 Å². The monoisotopic (exact) mass is 308 g/mol. The number of fused-ring (bicyclic) bond motifs is 1. The second-order valence-corrected chi connectivity index (χ2v) is 4.93. The molecule has 23 heavy (non-hydrogen) atoms. The second kappa shape index (κ2) is 6.28. The lowest BCUT2D eigenvalue weighted by Gasteiger charge is -2.10. The highest BCUT2D eigenvalue weighted by Gasteiger charge is 2.09. The van der Waals surface area contributed by atoms with E-state index in [1.165, 1.54) is 0 Å². The molecule has 0 amide bonds. The van der Waals surface area contributed by atoms with Crippen molar-refractivity contribution in [1.29, 1.82) is 5.26 Å². The maximum atomic E-state index is 9.12. The fraction of sp³-hybridized carbons (Fsp3) is 0.176. The van der Waals surface area contributed by atoms with Crippen LogP contribution in [-0.2, 0) is 6.54 Å². The van der Waals surface area contributed by atoms with Crippen LogP contribution in [0.1, 0.15) is 11.1 Å². The van der Waals surface area contributed by atoms with E-state index in [0.717, 1.165) is 22.6 Å². The van der Waals surface area contributed by atoms with Crippen molar-refractivity contribution in [3.8, 4) is 17.6 Å². The first-order chi connectivity index (χ1) is 11.2. The number of rotatable bonds is 5. The molecular formula is C17H16N4O2. The van der Waals surface area contributed by atoms with E-state index in [0.29, 0.717) is 23.6 Å². The molecule has 1 heterocycles. The van der Waals surface area contributed by atoms with Crippen LogP contribution in [0.4, 0.5) is 5.95 Å². The Labute approximate surface area is 133 Å². The average Bonchev–Trinajstić information content (AvgIpc) is 3.02. The highest BCUT2D eigenvalue weighted by Crippen LogP contribution is 2.25. The third-order valence-electron chi connectivity index (χ3n) is 3.57.